The van der Waals surface area contributed by atoms with Crippen LogP contribution in [0.1, 0.15) is 28.9 Å². The van der Waals surface area contributed by atoms with Crippen molar-refractivity contribution in [2.24, 2.45) is 5.92 Å². The first-order chi connectivity index (χ1) is 12.0. The fraction of sp³-hybridized carbons (Fsp3) is 0.333. The minimum absolute atomic E-state index is 0.152. The molecule has 0 bridgehead atoms. The number of nitrogens with one attached hydrogen (secondary N) is 1. The number of pyridine rings is 2. The van der Waals surface area contributed by atoms with Crippen LogP contribution in [-0.4, -0.2) is 39.8 Å². The minimum Gasteiger partial charge on any atom is -0.337 e. The second-order valence-corrected chi connectivity index (χ2v) is 6.16. The van der Waals surface area contributed by atoms with Gasteiger partial charge >= 0.3 is 0 Å². The van der Waals surface area contributed by atoms with E-state index in [0.29, 0.717) is 25.3 Å². The molecule has 1 atom stereocenters. The molecule has 1 aliphatic heterocycles. The maximum atomic E-state index is 12.9. The van der Waals surface area contributed by atoms with Crippen LogP contribution in [0.3, 0.4) is 0 Å². The molecule has 1 aliphatic rings. The maximum absolute atomic E-state index is 12.9. The van der Waals surface area contributed by atoms with E-state index in [4.69, 9.17) is 0 Å². The topological polar surface area (TPSA) is 75.2 Å². The fourth-order valence-electron chi connectivity index (χ4n) is 2.81. The number of carbonyl (C=O) groups excluding carboxylic acids is 2. The van der Waals surface area contributed by atoms with E-state index in [9.17, 15) is 14.0 Å². The highest BCUT2D eigenvalue weighted by atomic mass is 19.1. The van der Waals surface area contributed by atoms with Crippen LogP contribution in [0.5, 0.6) is 0 Å². The summed E-state index contributed by atoms with van der Waals surface area (Å²) in [6, 6.07) is 6.19. The van der Waals surface area contributed by atoms with Crippen LogP contribution in [-0.2, 0) is 4.79 Å². The minimum atomic E-state index is -0.488. The number of hydrogen-bond donors (Lipinski definition) is 1. The van der Waals surface area contributed by atoms with Crippen LogP contribution in [0.25, 0.3) is 0 Å². The highest BCUT2D eigenvalue weighted by Crippen LogP contribution is 2.20. The van der Waals surface area contributed by atoms with Crippen molar-refractivity contribution in [2.45, 2.75) is 19.8 Å². The molecule has 1 saturated heterocycles. The molecule has 130 valence electrons. The summed E-state index contributed by atoms with van der Waals surface area (Å²) < 4.78 is 12.9. The van der Waals surface area contributed by atoms with Gasteiger partial charge < -0.3 is 10.2 Å². The molecule has 2 amide bonds. The molecule has 1 N–H and O–H groups in total. The molecule has 3 heterocycles. The molecule has 0 aliphatic carbocycles. The van der Waals surface area contributed by atoms with Crippen molar-refractivity contribution in [3.63, 3.8) is 0 Å². The Hall–Kier alpha value is -2.83. The second kappa shape index (κ2) is 7.38. The third-order valence-corrected chi connectivity index (χ3v) is 4.19. The molecule has 2 aromatic rings. The molecule has 3 rings (SSSR count). The van der Waals surface area contributed by atoms with Gasteiger partial charge in [0.15, 0.2) is 0 Å². The van der Waals surface area contributed by atoms with Crippen LogP contribution in [0.15, 0.2) is 36.7 Å². The van der Waals surface area contributed by atoms with Crippen LogP contribution in [0.2, 0.25) is 0 Å². The molecule has 0 aromatic carbocycles. The van der Waals surface area contributed by atoms with Crippen molar-refractivity contribution in [3.05, 3.63) is 53.7 Å². The average Bonchev–Trinajstić information content (AvgIpc) is 2.64. The summed E-state index contributed by atoms with van der Waals surface area (Å²) in [5.41, 5.74) is 1.20. The lowest BCUT2D eigenvalue weighted by atomic mass is 9.97. The fourth-order valence-corrected chi connectivity index (χ4v) is 2.81. The number of amides is 2. The molecule has 6 nitrogen and oxygen atoms in total. The van der Waals surface area contributed by atoms with Crippen LogP contribution >= 0.6 is 0 Å². The van der Waals surface area contributed by atoms with Gasteiger partial charge in [-0.2, -0.15) is 0 Å². The predicted molar refractivity (Wildman–Crippen MR) is 90.4 cm³/mol. The predicted octanol–water partition coefficient (Wildman–Crippen LogP) is 2.42. The largest absolute Gasteiger partial charge is 0.337 e. The van der Waals surface area contributed by atoms with E-state index in [0.717, 1.165) is 18.2 Å². The first-order valence-corrected chi connectivity index (χ1v) is 8.17. The second-order valence-electron chi connectivity index (χ2n) is 6.16. The van der Waals surface area contributed by atoms with Crippen molar-refractivity contribution in [3.8, 4) is 0 Å². The highest BCUT2D eigenvalue weighted by Gasteiger charge is 2.29. The highest BCUT2D eigenvalue weighted by molar-refractivity contribution is 5.94. The molecule has 7 heteroatoms. The van der Waals surface area contributed by atoms with Gasteiger partial charge in [0.1, 0.15) is 17.3 Å². The van der Waals surface area contributed by atoms with Crippen molar-refractivity contribution < 1.29 is 14.0 Å². The maximum Gasteiger partial charge on any atom is 0.272 e. The van der Waals surface area contributed by atoms with Crippen molar-refractivity contribution >= 4 is 17.6 Å². The number of rotatable bonds is 3. The van der Waals surface area contributed by atoms with E-state index in [1.807, 2.05) is 13.0 Å². The zero-order valence-electron chi connectivity index (χ0n) is 13.9. The Morgan fingerprint density at radius 2 is 2.04 bits per heavy atom. The Labute approximate surface area is 145 Å². The summed E-state index contributed by atoms with van der Waals surface area (Å²) in [4.78, 5) is 34.5. The van der Waals surface area contributed by atoms with Gasteiger partial charge in [-0.05, 0) is 43.5 Å². The first-order valence-electron chi connectivity index (χ1n) is 8.17. The monoisotopic (exact) mass is 342 g/mol. The number of halogens is 1. The number of piperidine rings is 1. The van der Waals surface area contributed by atoms with Crippen LogP contribution in [0.4, 0.5) is 10.2 Å². The van der Waals surface area contributed by atoms with Crippen molar-refractivity contribution in [1.82, 2.24) is 14.9 Å². The summed E-state index contributed by atoms with van der Waals surface area (Å²) >= 11 is 0. The summed E-state index contributed by atoms with van der Waals surface area (Å²) in [7, 11) is 0. The average molecular weight is 342 g/mol. The molecule has 2 aromatic heterocycles. The number of nitrogens with zero attached hydrogens (tertiary/aromatic N) is 3. The molecular weight excluding hydrogens is 323 g/mol. The zero-order chi connectivity index (χ0) is 17.8. The van der Waals surface area contributed by atoms with E-state index in [1.165, 1.54) is 12.1 Å². The number of likely N-dealkylation sites (tertiary alicyclic amines) is 1. The first kappa shape index (κ1) is 17.0. The van der Waals surface area contributed by atoms with Crippen LogP contribution < -0.4 is 5.32 Å². The molecule has 0 saturated carbocycles. The number of aryl methyl sites for hydroxylation is 1. The Bertz CT molecular complexity index is 762. The smallest absolute Gasteiger partial charge is 0.272 e. The van der Waals surface area contributed by atoms with Gasteiger partial charge in [0.05, 0.1) is 12.1 Å². The standard InChI is InChI=1S/C18H19FN4O2/c1-12-4-7-16(21-9-12)22-17(24)13-3-2-8-23(11-13)18(25)15-6-5-14(19)10-20-15/h4-7,9-10,13H,2-3,8,11H2,1H3,(H,21,22,24). The lowest BCUT2D eigenvalue weighted by Crippen LogP contribution is -2.44. The molecule has 1 unspecified atom stereocenters. The van der Waals surface area contributed by atoms with E-state index in [-0.39, 0.29) is 23.4 Å². The number of aromatic nitrogens is 2. The Morgan fingerprint density at radius 3 is 2.72 bits per heavy atom. The molecule has 0 radical (unpaired) electrons. The van der Waals surface area contributed by atoms with Gasteiger partial charge in [0.2, 0.25) is 5.91 Å². The van der Waals surface area contributed by atoms with Crippen molar-refractivity contribution in [1.29, 1.82) is 0 Å². The quantitative estimate of drug-likeness (QED) is 0.929. The summed E-state index contributed by atoms with van der Waals surface area (Å²) in [6.07, 6.45) is 4.14. The molecule has 0 spiro atoms. The molecular formula is C18H19FN4O2. The Balaban J connectivity index is 1.63. The lowest BCUT2D eigenvalue weighted by molar-refractivity contribution is -0.121. The van der Waals surface area contributed by atoms with Gasteiger partial charge in [0.25, 0.3) is 5.91 Å². The SMILES string of the molecule is Cc1ccc(NC(=O)C2CCCN(C(=O)c3ccc(F)cn3)C2)nc1. The van der Waals surface area contributed by atoms with Gasteiger partial charge in [-0.25, -0.2) is 14.4 Å². The Kier molecular flexibility index (Phi) is 5.02. The van der Waals surface area contributed by atoms with E-state index < -0.39 is 5.82 Å². The summed E-state index contributed by atoms with van der Waals surface area (Å²) in [5.74, 6) is -0.731. The van der Waals surface area contributed by atoms with Gasteiger partial charge in [-0.1, -0.05) is 6.07 Å². The summed E-state index contributed by atoms with van der Waals surface area (Å²) in [5, 5.41) is 2.79. The van der Waals surface area contributed by atoms with E-state index >= 15 is 0 Å². The van der Waals surface area contributed by atoms with E-state index in [1.54, 1.807) is 17.2 Å². The number of carbonyl (C=O) groups is 2. The normalized spacial score (nSPS) is 17.2. The van der Waals surface area contributed by atoms with Crippen molar-refractivity contribution in [2.75, 3.05) is 18.4 Å². The molecule has 1 fully saturated rings. The third kappa shape index (κ3) is 4.17. The number of anilines is 1. The zero-order valence-corrected chi connectivity index (χ0v) is 13.9. The Morgan fingerprint density at radius 1 is 1.20 bits per heavy atom. The van der Waals surface area contributed by atoms with Gasteiger partial charge in [-0.3, -0.25) is 9.59 Å². The lowest BCUT2D eigenvalue weighted by Gasteiger charge is -2.31. The molecule has 25 heavy (non-hydrogen) atoms. The number of hydrogen-bond acceptors (Lipinski definition) is 4. The van der Waals surface area contributed by atoms with Crippen LogP contribution in [0, 0.1) is 18.7 Å². The van der Waals surface area contributed by atoms with Gasteiger partial charge in [-0.15, -0.1) is 0 Å². The van der Waals surface area contributed by atoms with Gasteiger partial charge in [0, 0.05) is 19.3 Å². The van der Waals surface area contributed by atoms with E-state index in [2.05, 4.69) is 15.3 Å². The third-order valence-electron chi connectivity index (χ3n) is 4.19. The summed E-state index contributed by atoms with van der Waals surface area (Å²) in [6.45, 7) is 2.80.